The summed E-state index contributed by atoms with van der Waals surface area (Å²) in [7, 11) is 0. The average molecular weight is 304 g/mol. The van der Waals surface area contributed by atoms with Gasteiger partial charge in [-0.3, -0.25) is 0 Å². The normalized spacial score (nSPS) is 26.0. The number of fused-ring (bicyclic) bond motifs is 1. The number of hydrogen-bond donors (Lipinski definition) is 0. The fourth-order valence-corrected chi connectivity index (χ4v) is 3.58. The maximum absolute atomic E-state index is 6.01. The topological polar surface area (TPSA) is 27.7 Å². The molecule has 1 aromatic carbocycles. The van der Waals surface area contributed by atoms with E-state index in [4.69, 9.17) is 14.2 Å². The SMILES string of the molecule is CC(CC1CC(C(C)C)CCO1)c1ccc2c(c1)OCCO2. The van der Waals surface area contributed by atoms with Gasteiger partial charge in [-0.25, -0.2) is 0 Å². The molecule has 1 saturated heterocycles. The second-order valence-electron chi connectivity index (χ2n) is 7.06. The van der Waals surface area contributed by atoms with Crippen molar-refractivity contribution in [1.29, 1.82) is 0 Å². The zero-order chi connectivity index (χ0) is 15.5. The van der Waals surface area contributed by atoms with E-state index in [1.807, 2.05) is 6.07 Å². The van der Waals surface area contributed by atoms with E-state index in [1.54, 1.807) is 0 Å². The molecule has 0 saturated carbocycles. The molecule has 0 aliphatic carbocycles. The van der Waals surface area contributed by atoms with E-state index in [1.165, 1.54) is 18.4 Å². The molecule has 0 amide bonds. The lowest BCUT2D eigenvalue weighted by Crippen LogP contribution is -2.29. The van der Waals surface area contributed by atoms with Gasteiger partial charge in [0.15, 0.2) is 11.5 Å². The van der Waals surface area contributed by atoms with E-state index in [-0.39, 0.29) is 0 Å². The lowest BCUT2D eigenvalue weighted by atomic mass is 9.83. The Bertz CT molecular complexity index is 497. The average Bonchev–Trinajstić information content (AvgIpc) is 2.54. The van der Waals surface area contributed by atoms with Crippen LogP contribution in [-0.2, 0) is 4.74 Å². The van der Waals surface area contributed by atoms with Crippen molar-refractivity contribution in [3.8, 4) is 11.5 Å². The predicted molar refractivity (Wildman–Crippen MR) is 87.8 cm³/mol. The van der Waals surface area contributed by atoms with E-state index in [2.05, 4.69) is 32.9 Å². The molecule has 122 valence electrons. The minimum atomic E-state index is 0.393. The van der Waals surface area contributed by atoms with Gasteiger partial charge >= 0.3 is 0 Å². The molecule has 2 heterocycles. The van der Waals surface area contributed by atoms with Gasteiger partial charge in [0.2, 0.25) is 0 Å². The number of ether oxygens (including phenoxy) is 3. The van der Waals surface area contributed by atoms with Crippen LogP contribution in [0.5, 0.6) is 11.5 Å². The number of rotatable bonds is 4. The third kappa shape index (κ3) is 3.57. The summed E-state index contributed by atoms with van der Waals surface area (Å²) in [5, 5.41) is 0. The monoisotopic (exact) mass is 304 g/mol. The van der Waals surface area contributed by atoms with Gasteiger partial charge in [0, 0.05) is 6.61 Å². The molecule has 0 radical (unpaired) electrons. The van der Waals surface area contributed by atoms with Crippen molar-refractivity contribution < 1.29 is 14.2 Å². The molecule has 0 N–H and O–H groups in total. The molecule has 1 aromatic rings. The van der Waals surface area contributed by atoms with Crippen LogP contribution < -0.4 is 9.47 Å². The van der Waals surface area contributed by atoms with Crippen LogP contribution in [0, 0.1) is 11.8 Å². The summed E-state index contributed by atoms with van der Waals surface area (Å²) in [6.45, 7) is 9.16. The second-order valence-corrected chi connectivity index (χ2v) is 7.06. The van der Waals surface area contributed by atoms with Crippen molar-refractivity contribution in [1.82, 2.24) is 0 Å². The Balaban J connectivity index is 1.63. The van der Waals surface area contributed by atoms with E-state index < -0.39 is 0 Å². The van der Waals surface area contributed by atoms with Crippen molar-refractivity contribution >= 4 is 0 Å². The Morgan fingerprint density at radius 1 is 1.05 bits per heavy atom. The highest BCUT2D eigenvalue weighted by Gasteiger charge is 2.26. The first-order valence-electron chi connectivity index (χ1n) is 8.64. The smallest absolute Gasteiger partial charge is 0.161 e. The summed E-state index contributed by atoms with van der Waals surface area (Å²) in [6, 6.07) is 6.35. The van der Waals surface area contributed by atoms with Crippen molar-refractivity contribution in [2.24, 2.45) is 11.8 Å². The molecular formula is C19H28O3. The Hall–Kier alpha value is -1.22. The van der Waals surface area contributed by atoms with Crippen molar-refractivity contribution in [3.05, 3.63) is 23.8 Å². The van der Waals surface area contributed by atoms with Gasteiger partial charge in [-0.15, -0.1) is 0 Å². The molecule has 1 fully saturated rings. The van der Waals surface area contributed by atoms with Crippen LogP contribution in [0.3, 0.4) is 0 Å². The van der Waals surface area contributed by atoms with Gasteiger partial charge in [0.1, 0.15) is 13.2 Å². The summed E-state index contributed by atoms with van der Waals surface area (Å²) in [5.41, 5.74) is 1.32. The van der Waals surface area contributed by atoms with Gasteiger partial charge < -0.3 is 14.2 Å². The summed E-state index contributed by atoms with van der Waals surface area (Å²) in [4.78, 5) is 0. The molecule has 2 aliphatic rings. The zero-order valence-corrected chi connectivity index (χ0v) is 14.0. The van der Waals surface area contributed by atoms with Crippen LogP contribution in [0.2, 0.25) is 0 Å². The largest absolute Gasteiger partial charge is 0.486 e. The maximum atomic E-state index is 6.01. The Morgan fingerprint density at radius 2 is 1.82 bits per heavy atom. The molecule has 2 aliphatic heterocycles. The number of benzene rings is 1. The summed E-state index contributed by atoms with van der Waals surface area (Å²) in [5.74, 6) is 3.81. The first kappa shape index (κ1) is 15.7. The summed E-state index contributed by atoms with van der Waals surface area (Å²) < 4.78 is 17.3. The Morgan fingerprint density at radius 3 is 2.59 bits per heavy atom. The van der Waals surface area contributed by atoms with Crippen LogP contribution in [-0.4, -0.2) is 25.9 Å². The third-order valence-electron chi connectivity index (χ3n) is 5.10. The molecule has 3 nitrogen and oxygen atoms in total. The van der Waals surface area contributed by atoms with E-state index in [9.17, 15) is 0 Å². The molecule has 0 bridgehead atoms. The summed E-state index contributed by atoms with van der Waals surface area (Å²) >= 11 is 0. The molecule has 3 atom stereocenters. The molecular weight excluding hydrogens is 276 g/mol. The first-order valence-corrected chi connectivity index (χ1v) is 8.64. The molecule has 22 heavy (non-hydrogen) atoms. The predicted octanol–water partition coefficient (Wildman–Crippen LogP) is 4.40. The van der Waals surface area contributed by atoms with Crippen molar-refractivity contribution in [2.75, 3.05) is 19.8 Å². The molecule has 3 rings (SSSR count). The Labute approximate surface area is 134 Å². The zero-order valence-electron chi connectivity index (χ0n) is 14.0. The Kier molecular flexibility index (Phi) is 4.92. The lowest BCUT2D eigenvalue weighted by Gasteiger charge is -2.33. The van der Waals surface area contributed by atoms with E-state index in [0.717, 1.165) is 36.4 Å². The van der Waals surface area contributed by atoms with Crippen LogP contribution >= 0.6 is 0 Å². The maximum Gasteiger partial charge on any atom is 0.161 e. The fourth-order valence-electron chi connectivity index (χ4n) is 3.58. The minimum Gasteiger partial charge on any atom is -0.486 e. The third-order valence-corrected chi connectivity index (χ3v) is 5.10. The molecule has 0 spiro atoms. The molecule has 3 unspecified atom stereocenters. The lowest BCUT2D eigenvalue weighted by molar-refractivity contribution is -0.0255. The standard InChI is InChI=1S/C19H28O3/c1-13(2)15-6-7-20-17(11-15)10-14(3)16-4-5-18-19(12-16)22-9-8-21-18/h4-5,12-15,17H,6-11H2,1-3H3. The van der Waals surface area contributed by atoms with E-state index in [0.29, 0.717) is 25.2 Å². The first-order chi connectivity index (χ1) is 10.6. The van der Waals surface area contributed by atoms with Gasteiger partial charge in [-0.1, -0.05) is 26.8 Å². The summed E-state index contributed by atoms with van der Waals surface area (Å²) in [6.07, 6.45) is 3.89. The molecule has 3 heteroatoms. The van der Waals surface area contributed by atoms with Crippen LogP contribution in [0.25, 0.3) is 0 Å². The highest BCUT2D eigenvalue weighted by molar-refractivity contribution is 5.44. The minimum absolute atomic E-state index is 0.393. The van der Waals surface area contributed by atoms with Crippen molar-refractivity contribution in [2.45, 2.75) is 52.1 Å². The van der Waals surface area contributed by atoms with Gasteiger partial charge in [-0.2, -0.15) is 0 Å². The van der Waals surface area contributed by atoms with Crippen LogP contribution in [0.4, 0.5) is 0 Å². The van der Waals surface area contributed by atoms with Crippen molar-refractivity contribution in [3.63, 3.8) is 0 Å². The molecule has 0 aromatic heterocycles. The second kappa shape index (κ2) is 6.91. The highest BCUT2D eigenvalue weighted by Crippen LogP contribution is 2.36. The fraction of sp³-hybridized carbons (Fsp3) is 0.684. The van der Waals surface area contributed by atoms with Crippen LogP contribution in [0.15, 0.2) is 18.2 Å². The van der Waals surface area contributed by atoms with Gasteiger partial charge in [0.05, 0.1) is 6.10 Å². The van der Waals surface area contributed by atoms with E-state index >= 15 is 0 Å². The van der Waals surface area contributed by atoms with Gasteiger partial charge in [0.25, 0.3) is 0 Å². The van der Waals surface area contributed by atoms with Crippen LogP contribution in [0.1, 0.15) is 51.5 Å². The van der Waals surface area contributed by atoms with Gasteiger partial charge in [-0.05, 0) is 54.7 Å². The highest BCUT2D eigenvalue weighted by atomic mass is 16.6. The number of hydrogen-bond acceptors (Lipinski definition) is 3. The quantitative estimate of drug-likeness (QED) is 0.825.